The number of carbonyl (C=O) groups is 3. The molecule has 3 aromatic carbocycles. The Bertz CT molecular complexity index is 2250. The summed E-state index contributed by atoms with van der Waals surface area (Å²) in [6, 6.07) is 18.6. The summed E-state index contributed by atoms with van der Waals surface area (Å²) >= 11 is 8.24. The van der Waals surface area contributed by atoms with Crippen LogP contribution in [0.4, 0.5) is 28.8 Å². The molecule has 0 spiro atoms. The number of fused-ring (bicyclic) bond motifs is 1. The number of imide groups is 1. The van der Waals surface area contributed by atoms with Gasteiger partial charge in [-0.1, -0.05) is 36.2 Å². The molecule has 1 atom stereocenters. The maximum Gasteiger partial charge on any atom is 0.362 e. The molecule has 7 rings (SSSR count). The van der Waals surface area contributed by atoms with Gasteiger partial charge in [0, 0.05) is 68.5 Å². The number of halogens is 1. The van der Waals surface area contributed by atoms with Crippen molar-refractivity contribution in [2.24, 2.45) is 0 Å². The molecule has 3 amide bonds. The molecular formula is C42H50ClN8O7PS. The average Bonchev–Trinajstić information content (AvgIpc) is 3.60. The lowest BCUT2D eigenvalue weighted by Crippen LogP contribution is -2.52. The summed E-state index contributed by atoms with van der Waals surface area (Å²) in [5.41, 5.74) is 3.87. The molecule has 3 aliphatic rings. The topological polar surface area (TPSA) is 176 Å². The SMILES string of the molecule is COc1cc(N2CCC(NCCCCCSc3cccc4c3CN(C3CCC(=O)NC3=O)C4=O)CC2)ccc1Nc1ncc(Cl)c(Nc2ccccc2P(=O)(OC)OC)n1. The number of nitrogens with zero attached hydrogens (tertiary/aromatic N) is 4. The quantitative estimate of drug-likeness (QED) is 0.0347. The zero-order valence-electron chi connectivity index (χ0n) is 33.9. The second-order valence-corrected chi connectivity index (χ2v) is 18.5. The first-order valence-corrected chi connectivity index (χ1v) is 22.9. The normalized spacial score (nSPS) is 17.1. The summed E-state index contributed by atoms with van der Waals surface area (Å²) in [6.45, 7) is 3.21. The van der Waals surface area contributed by atoms with E-state index in [0.29, 0.717) is 52.8 Å². The van der Waals surface area contributed by atoms with Crippen molar-refractivity contribution >= 4 is 82.8 Å². The van der Waals surface area contributed by atoms with E-state index < -0.39 is 13.6 Å². The van der Waals surface area contributed by atoms with Crippen LogP contribution < -0.4 is 36.2 Å². The Labute approximate surface area is 359 Å². The molecule has 0 radical (unpaired) electrons. The zero-order chi connectivity index (χ0) is 42.2. The highest BCUT2D eigenvalue weighted by Crippen LogP contribution is 2.47. The molecule has 60 heavy (non-hydrogen) atoms. The van der Waals surface area contributed by atoms with Crippen molar-refractivity contribution < 1.29 is 32.7 Å². The molecule has 2 fully saturated rings. The number of hydrogen-bond acceptors (Lipinski definition) is 14. The van der Waals surface area contributed by atoms with Gasteiger partial charge in [0.25, 0.3) is 5.91 Å². The molecule has 4 aromatic rings. The Hall–Kier alpha value is -4.70. The maximum atomic E-state index is 13.2. The lowest BCUT2D eigenvalue weighted by Gasteiger charge is -2.34. The monoisotopic (exact) mass is 876 g/mol. The van der Waals surface area contributed by atoms with E-state index >= 15 is 0 Å². The van der Waals surface area contributed by atoms with Crippen LogP contribution in [-0.4, -0.2) is 91.4 Å². The molecule has 0 bridgehead atoms. The molecule has 3 aliphatic heterocycles. The second kappa shape index (κ2) is 19.8. The summed E-state index contributed by atoms with van der Waals surface area (Å²) in [7, 11) is 0.735. The zero-order valence-corrected chi connectivity index (χ0v) is 36.3. The molecule has 0 aliphatic carbocycles. The van der Waals surface area contributed by atoms with Crippen molar-refractivity contribution in [1.82, 2.24) is 25.5 Å². The van der Waals surface area contributed by atoms with E-state index in [1.807, 2.05) is 24.3 Å². The number of piperidine rings is 2. The van der Waals surface area contributed by atoms with Crippen molar-refractivity contribution in [3.63, 3.8) is 0 Å². The lowest BCUT2D eigenvalue weighted by atomic mass is 10.0. The Morgan fingerprint density at radius 1 is 0.933 bits per heavy atom. The molecule has 4 heterocycles. The first-order chi connectivity index (χ1) is 29.1. The Balaban J connectivity index is 0.842. The number of para-hydroxylation sites is 1. The van der Waals surface area contributed by atoms with Gasteiger partial charge in [0.2, 0.25) is 17.8 Å². The first kappa shape index (κ1) is 43.4. The molecule has 1 unspecified atom stereocenters. The van der Waals surface area contributed by atoms with Crippen LogP contribution in [0.2, 0.25) is 5.02 Å². The summed E-state index contributed by atoms with van der Waals surface area (Å²) in [5, 5.41) is 13.1. The number of aromatic nitrogens is 2. The largest absolute Gasteiger partial charge is 0.494 e. The van der Waals surface area contributed by atoms with E-state index in [0.717, 1.165) is 73.6 Å². The van der Waals surface area contributed by atoms with Gasteiger partial charge in [0.05, 0.1) is 30.0 Å². The van der Waals surface area contributed by atoms with Crippen molar-refractivity contribution in [3.8, 4) is 5.75 Å². The standard InChI is InChI=1S/C42H50ClN8O7PS/c1-56-35-24-28(14-15-32(35)47-42-45-25-31(43)39(49-42)46-33-11-5-6-12-36(33)59(55,57-2)58-3)50-21-18-27(19-22-50)44-20-7-4-8-23-60-37-13-9-10-29-30(37)26-51(41(29)54)34-16-17-38(52)48-40(34)53/h5-6,9-15,24-25,27,34,44H,4,7-8,16-23,26H2,1-3H3,(H,48,52,53)(H2,45,46,47,49). The highest BCUT2D eigenvalue weighted by molar-refractivity contribution is 7.99. The summed E-state index contributed by atoms with van der Waals surface area (Å²) in [5.74, 6) is 1.39. The molecule has 18 heteroatoms. The number of amides is 3. The Morgan fingerprint density at radius 3 is 2.50 bits per heavy atom. The van der Waals surface area contributed by atoms with E-state index in [2.05, 4.69) is 48.3 Å². The second-order valence-electron chi connectivity index (χ2n) is 14.7. The highest BCUT2D eigenvalue weighted by atomic mass is 35.5. The van der Waals surface area contributed by atoms with E-state index in [1.54, 1.807) is 48.0 Å². The highest BCUT2D eigenvalue weighted by Gasteiger charge is 2.40. The fraction of sp³-hybridized carbons (Fsp3) is 0.405. The third kappa shape index (κ3) is 9.91. The first-order valence-electron chi connectivity index (χ1n) is 20.0. The van der Waals surface area contributed by atoms with Crippen LogP contribution in [0.1, 0.15) is 60.9 Å². The number of methoxy groups -OCH3 is 1. The molecule has 318 valence electrons. The molecule has 0 saturated carbocycles. The molecule has 15 nitrogen and oxygen atoms in total. The summed E-state index contributed by atoms with van der Waals surface area (Å²) < 4.78 is 29.4. The average molecular weight is 877 g/mol. The lowest BCUT2D eigenvalue weighted by molar-refractivity contribution is -0.136. The van der Waals surface area contributed by atoms with Crippen molar-refractivity contribution in [2.45, 2.75) is 68.5 Å². The van der Waals surface area contributed by atoms with Crippen LogP contribution in [0, 0.1) is 0 Å². The fourth-order valence-corrected chi connectivity index (χ4v) is 10.2. The van der Waals surface area contributed by atoms with Gasteiger partial charge in [0.15, 0.2) is 5.82 Å². The minimum atomic E-state index is -3.56. The van der Waals surface area contributed by atoms with Crippen LogP contribution in [0.5, 0.6) is 5.75 Å². The molecule has 1 aromatic heterocycles. The minimum absolute atomic E-state index is 0.135. The van der Waals surface area contributed by atoms with E-state index in [9.17, 15) is 18.9 Å². The number of benzene rings is 3. The van der Waals surface area contributed by atoms with Gasteiger partial charge in [-0.15, -0.1) is 11.8 Å². The third-order valence-corrected chi connectivity index (χ3v) is 14.4. The number of anilines is 5. The minimum Gasteiger partial charge on any atom is -0.494 e. The number of ether oxygens (including phenoxy) is 1. The number of unbranched alkanes of at least 4 members (excludes halogenated alkanes) is 2. The molecular weight excluding hydrogens is 827 g/mol. The number of nitrogens with one attached hydrogen (secondary N) is 4. The van der Waals surface area contributed by atoms with Gasteiger partial charge in [0.1, 0.15) is 16.8 Å². The fourth-order valence-electron chi connectivity index (χ4n) is 7.76. The molecule has 2 saturated heterocycles. The van der Waals surface area contributed by atoms with Crippen molar-refractivity contribution in [3.05, 3.63) is 83.0 Å². The van der Waals surface area contributed by atoms with Crippen LogP contribution in [0.25, 0.3) is 0 Å². The van der Waals surface area contributed by atoms with Gasteiger partial charge in [-0.3, -0.25) is 24.3 Å². The van der Waals surface area contributed by atoms with Gasteiger partial charge < -0.3 is 39.5 Å². The van der Waals surface area contributed by atoms with Crippen LogP contribution in [-0.2, 0) is 29.7 Å². The van der Waals surface area contributed by atoms with Crippen LogP contribution in [0.3, 0.4) is 0 Å². The number of thioether (sulfide) groups is 1. The van der Waals surface area contributed by atoms with Crippen LogP contribution in [0.15, 0.2) is 71.8 Å². The third-order valence-electron chi connectivity index (χ3n) is 11.0. The smallest absolute Gasteiger partial charge is 0.362 e. The Kier molecular flexibility index (Phi) is 14.3. The van der Waals surface area contributed by atoms with E-state index in [-0.39, 0.29) is 35.1 Å². The summed E-state index contributed by atoms with van der Waals surface area (Å²) in [4.78, 5) is 51.2. The summed E-state index contributed by atoms with van der Waals surface area (Å²) in [6.07, 6.45) is 7.43. The predicted octanol–water partition coefficient (Wildman–Crippen LogP) is 7.02. The Morgan fingerprint density at radius 2 is 1.73 bits per heavy atom. The van der Waals surface area contributed by atoms with Gasteiger partial charge in [-0.25, -0.2) is 4.98 Å². The van der Waals surface area contributed by atoms with E-state index in [1.165, 1.54) is 20.4 Å². The number of carbonyl (C=O) groups excluding carboxylic acids is 3. The number of rotatable bonds is 18. The molecule has 4 N–H and O–H groups in total. The van der Waals surface area contributed by atoms with Gasteiger partial charge >= 0.3 is 7.60 Å². The predicted molar refractivity (Wildman–Crippen MR) is 235 cm³/mol. The van der Waals surface area contributed by atoms with Crippen molar-refractivity contribution in [2.75, 3.05) is 62.3 Å². The number of hydrogen-bond donors (Lipinski definition) is 4. The van der Waals surface area contributed by atoms with Crippen molar-refractivity contribution in [1.29, 1.82) is 0 Å². The van der Waals surface area contributed by atoms with Gasteiger partial charge in [-0.2, -0.15) is 4.98 Å². The van der Waals surface area contributed by atoms with Crippen LogP contribution >= 0.6 is 31.0 Å². The van der Waals surface area contributed by atoms with Gasteiger partial charge in [-0.05, 0) is 86.4 Å². The maximum absolute atomic E-state index is 13.2. The van der Waals surface area contributed by atoms with E-state index in [4.69, 9.17) is 25.4 Å².